The first-order valence-electron chi connectivity index (χ1n) is 6.35. The summed E-state index contributed by atoms with van der Waals surface area (Å²) in [5.74, 6) is -0.0511. The Hall–Kier alpha value is -1.51. The number of anilines is 1. The zero-order valence-corrected chi connectivity index (χ0v) is 12.6. The fraction of sp³-hybridized carbons (Fsp3) is 0.188. The number of rotatable bonds is 4. The van der Waals surface area contributed by atoms with Crippen LogP contribution in [0.2, 0.25) is 10.0 Å². The molecule has 0 fully saturated rings. The lowest BCUT2D eigenvalue weighted by atomic mass is 10.1. The van der Waals surface area contributed by atoms with Crippen molar-refractivity contribution in [3.8, 4) is 0 Å². The second-order valence-corrected chi connectivity index (χ2v) is 5.42. The van der Waals surface area contributed by atoms with E-state index in [0.717, 1.165) is 11.1 Å². The average Bonchev–Trinajstić information content (AvgIpc) is 2.42. The van der Waals surface area contributed by atoms with E-state index in [1.165, 1.54) is 0 Å². The SMILES string of the molecule is Cc1ccc(NC(=O)CCc2ccccc2Cl)cc1Cl. The van der Waals surface area contributed by atoms with Crippen molar-refractivity contribution in [2.24, 2.45) is 0 Å². The number of benzene rings is 2. The van der Waals surface area contributed by atoms with Gasteiger partial charge in [0.25, 0.3) is 0 Å². The van der Waals surface area contributed by atoms with Gasteiger partial charge in [0.2, 0.25) is 5.91 Å². The van der Waals surface area contributed by atoms with Crippen LogP contribution >= 0.6 is 23.2 Å². The summed E-state index contributed by atoms with van der Waals surface area (Å²) < 4.78 is 0. The van der Waals surface area contributed by atoms with E-state index in [1.54, 1.807) is 6.07 Å². The lowest BCUT2D eigenvalue weighted by Crippen LogP contribution is -2.12. The molecule has 0 aliphatic carbocycles. The number of hydrogen-bond donors (Lipinski definition) is 1. The van der Waals surface area contributed by atoms with Gasteiger partial charge in [-0.2, -0.15) is 0 Å². The van der Waals surface area contributed by atoms with Crippen molar-refractivity contribution in [3.05, 3.63) is 63.6 Å². The van der Waals surface area contributed by atoms with Gasteiger partial charge in [0, 0.05) is 22.2 Å². The van der Waals surface area contributed by atoms with Crippen molar-refractivity contribution in [1.29, 1.82) is 0 Å². The molecule has 0 aromatic heterocycles. The molecular weight excluding hydrogens is 293 g/mol. The molecule has 0 heterocycles. The van der Waals surface area contributed by atoms with Gasteiger partial charge in [0.05, 0.1) is 0 Å². The molecule has 1 amide bonds. The first kappa shape index (κ1) is 14.9. The lowest BCUT2D eigenvalue weighted by Gasteiger charge is -2.07. The molecule has 0 unspecified atom stereocenters. The Morgan fingerprint density at radius 3 is 2.55 bits per heavy atom. The van der Waals surface area contributed by atoms with Crippen LogP contribution in [0.4, 0.5) is 5.69 Å². The molecule has 0 aliphatic rings. The maximum absolute atomic E-state index is 11.9. The number of nitrogens with one attached hydrogen (secondary N) is 1. The maximum Gasteiger partial charge on any atom is 0.224 e. The smallest absolute Gasteiger partial charge is 0.224 e. The van der Waals surface area contributed by atoms with Crippen molar-refractivity contribution in [2.75, 3.05) is 5.32 Å². The number of hydrogen-bond acceptors (Lipinski definition) is 1. The molecule has 0 aliphatic heterocycles. The van der Waals surface area contributed by atoms with E-state index < -0.39 is 0 Å². The van der Waals surface area contributed by atoms with E-state index in [1.807, 2.05) is 43.3 Å². The van der Waals surface area contributed by atoms with E-state index in [9.17, 15) is 4.79 Å². The normalized spacial score (nSPS) is 10.3. The predicted octanol–water partition coefficient (Wildman–Crippen LogP) is 4.87. The fourth-order valence-corrected chi connectivity index (χ4v) is 2.25. The molecule has 0 saturated carbocycles. The molecule has 1 N–H and O–H groups in total. The molecule has 4 heteroatoms. The minimum atomic E-state index is -0.0511. The van der Waals surface area contributed by atoms with Crippen molar-refractivity contribution in [1.82, 2.24) is 0 Å². The van der Waals surface area contributed by atoms with Crippen LogP contribution in [-0.2, 0) is 11.2 Å². The molecule has 104 valence electrons. The van der Waals surface area contributed by atoms with Gasteiger partial charge in [0.1, 0.15) is 0 Å². The highest BCUT2D eigenvalue weighted by molar-refractivity contribution is 6.31. The Labute approximate surface area is 128 Å². The number of carbonyl (C=O) groups excluding carboxylic acids is 1. The number of carbonyl (C=O) groups is 1. The molecule has 0 spiro atoms. The van der Waals surface area contributed by atoms with Crippen LogP contribution in [0, 0.1) is 6.92 Å². The largest absolute Gasteiger partial charge is 0.326 e. The molecule has 0 bridgehead atoms. The maximum atomic E-state index is 11.9. The van der Waals surface area contributed by atoms with Crippen LogP contribution < -0.4 is 5.32 Å². The topological polar surface area (TPSA) is 29.1 Å². The fourth-order valence-electron chi connectivity index (χ4n) is 1.84. The molecule has 0 radical (unpaired) electrons. The van der Waals surface area contributed by atoms with E-state index in [4.69, 9.17) is 23.2 Å². The van der Waals surface area contributed by atoms with Gasteiger partial charge in [0.15, 0.2) is 0 Å². The molecule has 2 nitrogen and oxygen atoms in total. The van der Waals surface area contributed by atoms with E-state index in [0.29, 0.717) is 28.6 Å². The summed E-state index contributed by atoms with van der Waals surface area (Å²) >= 11 is 12.1. The zero-order chi connectivity index (χ0) is 14.5. The molecule has 20 heavy (non-hydrogen) atoms. The van der Waals surface area contributed by atoms with Crippen LogP contribution in [0.1, 0.15) is 17.5 Å². The number of aryl methyl sites for hydroxylation is 2. The molecule has 0 saturated heterocycles. The van der Waals surface area contributed by atoms with Gasteiger partial charge >= 0.3 is 0 Å². The van der Waals surface area contributed by atoms with E-state index >= 15 is 0 Å². The van der Waals surface area contributed by atoms with Gasteiger partial charge in [-0.25, -0.2) is 0 Å². The Morgan fingerprint density at radius 1 is 1.10 bits per heavy atom. The van der Waals surface area contributed by atoms with E-state index in [-0.39, 0.29) is 5.91 Å². The van der Waals surface area contributed by atoms with Crippen molar-refractivity contribution >= 4 is 34.8 Å². The lowest BCUT2D eigenvalue weighted by molar-refractivity contribution is -0.116. The molecular formula is C16H15Cl2NO. The standard InChI is InChI=1S/C16H15Cl2NO/c1-11-6-8-13(10-15(11)18)19-16(20)9-7-12-4-2-3-5-14(12)17/h2-6,8,10H,7,9H2,1H3,(H,19,20). The minimum absolute atomic E-state index is 0.0511. The number of halogens is 2. The van der Waals surface area contributed by atoms with Gasteiger partial charge in [-0.3, -0.25) is 4.79 Å². The van der Waals surface area contributed by atoms with Crippen LogP contribution in [0.5, 0.6) is 0 Å². The molecule has 2 aromatic rings. The second kappa shape index (κ2) is 6.78. The van der Waals surface area contributed by atoms with Crippen LogP contribution in [0.15, 0.2) is 42.5 Å². The zero-order valence-electron chi connectivity index (χ0n) is 11.1. The predicted molar refractivity (Wildman–Crippen MR) is 84.6 cm³/mol. The summed E-state index contributed by atoms with van der Waals surface area (Å²) in [7, 11) is 0. The monoisotopic (exact) mass is 307 g/mol. The van der Waals surface area contributed by atoms with E-state index in [2.05, 4.69) is 5.32 Å². The highest BCUT2D eigenvalue weighted by Gasteiger charge is 2.06. The summed E-state index contributed by atoms with van der Waals surface area (Å²) in [4.78, 5) is 11.9. The Kier molecular flexibility index (Phi) is 5.05. The van der Waals surface area contributed by atoms with Crippen molar-refractivity contribution < 1.29 is 4.79 Å². The third-order valence-corrected chi connectivity index (χ3v) is 3.81. The Morgan fingerprint density at radius 2 is 1.85 bits per heavy atom. The van der Waals surface area contributed by atoms with Gasteiger partial charge in [-0.1, -0.05) is 47.5 Å². The summed E-state index contributed by atoms with van der Waals surface area (Å²) in [6, 6.07) is 13.0. The second-order valence-electron chi connectivity index (χ2n) is 4.60. The summed E-state index contributed by atoms with van der Waals surface area (Å²) in [6.07, 6.45) is 1.00. The van der Waals surface area contributed by atoms with Crippen LogP contribution in [0.3, 0.4) is 0 Å². The third kappa shape index (κ3) is 3.99. The summed E-state index contributed by atoms with van der Waals surface area (Å²) in [5, 5.41) is 4.17. The van der Waals surface area contributed by atoms with Gasteiger partial charge in [-0.15, -0.1) is 0 Å². The Balaban J connectivity index is 1.93. The summed E-state index contributed by atoms with van der Waals surface area (Å²) in [5.41, 5.74) is 2.68. The molecule has 2 aromatic carbocycles. The summed E-state index contributed by atoms with van der Waals surface area (Å²) in [6.45, 7) is 1.92. The first-order valence-corrected chi connectivity index (χ1v) is 7.11. The average molecular weight is 308 g/mol. The van der Waals surface area contributed by atoms with Crippen molar-refractivity contribution in [2.45, 2.75) is 19.8 Å². The highest BCUT2D eigenvalue weighted by Crippen LogP contribution is 2.21. The molecule has 0 atom stereocenters. The van der Waals surface area contributed by atoms with Gasteiger partial charge in [-0.05, 0) is 42.7 Å². The van der Waals surface area contributed by atoms with Crippen LogP contribution in [-0.4, -0.2) is 5.91 Å². The van der Waals surface area contributed by atoms with Gasteiger partial charge < -0.3 is 5.32 Å². The van der Waals surface area contributed by atoms with Crippen molar-refractivity contribution in [3.63, 3.8) is 0 Å². The van der Waals surface area contributed by atoms with Crippen LogP contribution in [0.25, 0.3) is 0 Å². The molecule has 2 rings (SSSR count). The first-order chi connectivity index (χ1) is 9.56. The third-order valence-electron chi connectivity index (χ3n) is 3.03. The number of amides is 1. The quantitative estimate of drug-likeness (QED) is 0.857. The minimum Gasteiger partial charge on any atom is -0.326 e. The Bertz CT molecular complexity index is 626. The highest BCUT2D eigenvalue weighted by atomic mass is 35.5.